The number of nitrogens with zero attached hydrogens (tertiary/aromatic N) is 1. The zero-order valence-electron chi connectivity index (χ0n) is 12.1. The fraction of sp³-hybridized carbons (Fsp3) is 0.438. The lowest BCUT2D eigenvalue weighted by Crippen LogP contribution is -2.28. The molecule has 2 aromatic rings. The number of aromatic nitrogens is 1. The molecular weight excluding hydrogens is 290 g/mol. The van der Waals surface area contributed by atoms with Gasteiger partial charge in [0.1, 0.15) is 5.01 Å². The van der Waals surface area contributed by atoms with E-state index in [2.05, 4.69) is 13.8 Å². The molecule has 21 heavy (non-hydrogen) atoms. The van der Waals surface area contributed by atoms with Crippen molar-refractivity contribution in [2.24, 2.45) is 11.1 Å². The standard InChI is InChI=1S/C16H18F2N2S/c1-16(2)7-11(19)13-12(8-16)20-15(21-13)10-5-3-9(4-6-10)14(17)18/h3-6,11,14H,7-8,19H2,1-2H3. The third-order valence-electron chi connectivity index (χ3n) is 3.89. The van der Waals surface area contributed by atoms with Gasteiger partial charge >= 0.3 is 0 Å². The molecule has 1 aliphatic rings. The van der Waals surface area contributed by atoms with Gasteiger partial charge in [-0.05, 0) is 18.3 Å². The van der Waals surface area contributed by atoms with Crippen molar-refractivity contribution in [2.75, 3.05) is 0 Å². The molecule has 112 valence electrons. The number of alkyl halides is 2. The Morgan fingerprint density at radius 3 is 2.57 bits per heavy atom. The van der Waals surface area contributed by atoms with Gasteiger partial charge in [-0.2, -0.15) is 0 Å². The molecule has 0 aliphatic heterocycles. The van der Waals surface area contributed by atoms with Crippen LogP contribution in [0.4, 0.5) is 8.78 Å². The number of fused-ring (bicyclic) bond motifs is 1. The molecule has 0 amide bonds. The summed E-state index contributed by atoms with van der Waals surface area (Å²) in [6, 6.07) is 6.37. The number of thiazole rings is 1. The first-order chi connectivity index (χ1) is 9.85. The number of hydrogen-bond donors (Lipinski definition) is 1. The highest BCUT2D eigenvalue weighted by atomic mass is 32.1. The lowest BCUT2D eigenvalue weighted by atomic mass is 9.77. The normalized spacial score (nSPS) is 20.6. The van der Waals surface area contributed by atoms with Crippen molar-refractivity contribution in [1.82, 2.24) is 4.98 Å². The molecule has 1 unspecified atom stereocenters. The van der Waals surface area contributed by atoms with Gasteiger partial charge in [0, 0.05) is 22.0 Å². The maximum Gasteiger partial charge on any atom is 0.263 e. The van der Waals surface area contributed by atoms with Gasteiger partial charge in [0.25, 0.3) is 6.43 Å². The second-order valence-electron chi connectivity index (χ2n) is 6.40. The Labute approximate surface area is 127 Å². The number of hydrogen-bond acceptors (Lipinski definition) is 3. The second-order valence-corrected chi connectivity index (χ2v) is 7.43. The van der Waals surface area contributed by atoms with Crippen molar-refractivity contribution in [1.29, 1.82) is 0 Å². The SMILES string of the molecule is CC1(C)Cc2nc(-c3ccc(C(F)F)cc3)sc2C(N)C1. The van der Waals surface area contributed by atoms with Gasteiger partial charge in [0.05, 0.1) is 5.69 Å². The molecule has 0 fully saturated rings. The maximum atomic E-state index is 12.6. The van der Waals surface area contributed by atoms with Crippen molar-refractivity contribution in [3.63, 3.8) is 0 Å². The van der Waals surface area contributed by atoms with E-state index in [-0.39, 0.29) is 17.0 Å². The van der Waals surface area contributed by atoms with Crippen LogP contribution in [0.5, 0.6) is 0 Å². The summed E-state index contributed by atoms with van der Waals surface area (Å²) in [6.45, 7) is 4.40. The zero-order chi connectivity index (χ0) is 15.2. The van der Waals surface area contributed by atoms with Crippen LogP contribution in [0.25, 0.3) is 10.6 Å². The Balaban J connectivity index is 1.94. The van der Waals surface area contributed by atoms with Gasteiger partial charge in [-0.3, -0.25) is 0 Å². The molecule has 2 N–H and O–H groups in total. The molecule has 1 heterocycles. The number of halogens is 2. The minimum absolute atomic E-state index is 0.0235. The molecule has 5 heteroatoms. The van der Waals surface area contributed by atoms with E-state index in [1.807, 2.05) is 0 Å². The van der Waals surface area contributed by atoms with E-state index in [9.17, 15) is 8.78 Å². The Kier molecular flexibility index (Phi) is 3.58. The molecule has 0 bridgehead atoms. The summed E-state index contributed by atoms with van der Waals surface area (Å²) in [5, 5.41) is 0.869. The Morgan fingerprint density at radius 2 is 1.95 bits per heavy atom. The van der Waals surface area contributed by atoms with Gasteiger partial charge in [-0.1, -0.05) is 38.1 Å². The van der Waals surface area contributed by atoms with Gasteiger partial charge in [0.2, 0.25) is 0 Å². The Bertz CT molecular complexity index is 647. The molecule has 0 saturated carbocycles. The van der Waals surface area contributed by atoms with Crippen molar-refractivity contribution >= 4 is 11.3 Å². The summed E-state index contributed by atoms with van der Waals surface area (Å²) in [4.78, 5) is 5.83. The van der Waals surface area contributed by atoms with Crippen LogP contribution in [0, 0.1) is 5.41 Å². The molecule has 2 nitrogen and oxygen atoms in total. The van der Waals surface area contributed by atoms with Crippen molar-refractivity contribution in [3.05, 3.63) is 40.4 Å². The summed E-state index contributed by atoms with van der Waals surface area (Å²) >= 11 is 1.59. The molecular formula is C16H18F2N2S. The van der Waals surface area contributed by atoms with Crippen LogP contribution < -0.4 is 5.73 Å². The monoisotopic (exact) mass is 308 g/mol. The van der Waals surface area contributed by atoms with Crippen LogP contribution in [0.2, 0.25) is 0 Å². The first-order valence-electron chi connectivity index (χ1n) is 6.99. The third kappa shape index (κ3) is 2.85. The van der Waals surface area contributed by atoms with Gasteiger partial charge in [-0.15, -0.1) is 11.3 Å². The Morgan fingerprint density at radius 1 is 1.29 bits per heavy atom. The van der Waals surface area contributed by atoms with Crippen molar-refractivity contribution in [2.45, 2.75) is 39.2 Å². The largest absolute Gasteiger partial charge is 0.323 e. The van der Waals surface area contributed by atoms with Crippen molar-refractivity contribution < 1.29 is 8.78 Å². The first-order valence-corrected chi connectivity index (χ1v) is 7.81. The highest BCUT2D eigenvalue weighted by molar-refractivity contribution is 7.15. The van der Waals surface area contributed by atoms with Crippen molar-refractivity contribution in [3.8, 4) is 10.6 Å². The molecule has 0 spiro atoms. The van der Waals surface area contributed by atoms with Crippen LogP contribution in [-0.4, -0.2) is 4.98 Å². The Hall–Kier alpha value is -1.33. The molecule has 1 atom stereocenters. The molecule has 1 aliphatic carbocycles. The zero-order valence-corrected chi connectivity index (χ0v) is 12.9. The van der Waals surface area contributed by atoms with E-state index in [0.29, 0.717) is 0 Å². The minimum atomic E-state index is -2.43. The van der Waals surface area contributed by atoms with E-state index in [0.717, 1.165) is 34.0 Å². The predicted molar refractivity (Wildman–Crippen MR) is 81.5 cm³/mol. The van der Waals surface area contributed by atoms with Gasteiger partial charge in [-0.25, -0.2) is 13.8 Å². The fourth-order valence-electron chi connectivity index (χ4n) is 2.89. The van der Waals surface area contributed by atoms with Gasteiger partial charge in [0.15, 0.2) is 0 Å². The average molecular weight is 308 g/mol. The van der Waals surface area contributed by atoms with E-state index >= 15 is 0 Å². The average Bonchev–Trinajstić information content (AvgIpc) is 2.81. The maximum absolute atomic E-state index is 12.6. The summed E-state index contributed by atoms with van der Waals surface area (Å²) < 4.78 is 25.2. The number of benzene rings is 1. The third-order valence-corrected chi connectivity index (χ3v) is 5.17. The summed E-state index contributed by atoms with van der Waals surface area (Å²) in [6.07, 6.45) is -0.564. The predicted octanol–water partition coefficient (Wildman–Crippen LogP) is 4.72. The molecule has 3 rings (SSSR count). The van der Waals surface area contributed by atoms with E-state index < -0.39 is 6.43 Å². The molecule has 0 radical (unpaired) electrons. The lowest BCUT2D eigenvalue weighted by molar-refractivity contribution is 0.151. The van der Waals surface area contributed by atoms with Crippen LogP contribution >= 0.6 is 11.3 Å². The van der Waals surface area contributed by atoms with Crippen LogP contribution in [0.3, 0.4) is 0 Å². The van der Waals surface area contributed by atoms with Crippen LogP contribution in [0.1, 0.15) is 48.9 Å². The smallest absolute Gasteiger partial charge is 0.263 e. The summed E-state index contributed by atoms with van der Waals surface area (Å²) in [7, 11) is 0. The quantitative estimate of drug-likeness (QED) is 0.872. The van der Waals surface area contributed by atoms with Crippen LogP contribution in [0.15, 0.2) is 24.3 Å². The molecule has 1 aromatic carbocycles. The molecule has 1 aromatic heterocycles. The van der Waals surface area contributed by atoms with E-state index in [1.165, 1.54) is 12.1 Å². The molecule has 0 saturated heterocycles. The lowest BCUT2D eigenvalue weighted by Gasteiger charge is -2.32. The highest BCUT2D eigenvalue weighted by Gasteiger charge is 2.33. The minimum Gasteiger partial charge on any atom is -0.323 e. The second kappa shape index (κ2) is 5.14. The van der Waals surface area contributed by atoms with E-state index in [1.54, 1.807) is 23.5 Å². The summed E-state index contributed by atoms with van der Waals surface area (Å²) in [5.74, 6) is 0. The fourth-order valence-corrected chi connectivity index (χ4v) is 3.98. The first kappa shape index (κ1) is 14.6. The number of rotatable bonds is 2. The highest BCUT2D eigenvalue weighted by Crippen LogP contribution is 2.43. The van der Waals surface area contributed by atoms with Crippen LogP contribution in [-0.2, 0) is 6.42 Å². The number of nitrogens with two attached hydrogens (primary N) is 1. The summed E-state index contributed by atoms with van der Waals surface area (Å²) in [5.41, 5.74) is 8.40. The topological polar surface area (TPSA) is 38.9 Å². The van der Waals surface area contributed by atoms with Gasteiger partial charge < -0.3 is 5.73 Å². The van der Waals surface area contributed by atoms with E-state index in [4.69, 9.17) is 10.7 Å².